The molecule has 2 atom stereocenters. The zero-order valence-electron chi connectivity index (χ0n) is 12.8. The average molecular weight is 397 g/mol. The Kier molecular flexibility index (Phi) is 3.82. The highest BCUT2D eigenvalue weighted by Gasteiger charge is 2.36. The number of halogens is 1. The third kappa shape index (κ3) is 2.50. The normalized spacial score (nSPS) is 25.0. The van der Waals surface area contributed by atoms with Crippen LogP contribution < -0.4 is 5.73 Å². The molecule has 10 heteroatoms. The number of amides is 1. The molecule has 0 aromatic carbocycles. The van der Waals surface area contributed by atoms with Gasteiger partial charge in [0, 0.05) is 30.7 Å². The van der Waals surface area contributed by atoms with Gasteiger partial charge in [-0.15, -0.1) is 0 Å². The first-order valence-corrected chi connectivity index (χ1v) is 8.45. The van der Waals surface area contributed by atoms with Gasteiger partial charge in [-0.1, -0.05) is 0 Å². The summed E-state index contributed by atoms with van der Waals surface area (Å²) in [7, 11) is 0. The largest absolute Gasteiger partial charge is 0.465 e. The number of morpholine rings is 1. The highest BCUT2D eigenvalue weighted by atomic mass is 79.9. The molecule has 2 aliphatic heterocycles. The van der Waals surface area contributed by atoms with Crippen LogP contribution in [-0.4, -0.2) is 74.4 Å². The lowest BCUT2D eigenvalue weighted by molar-refractivity contribution is -0.0885. The second-order valence-electron chi connectivity index (χ2n) is 6.02. The van der Waals surface area contributed by atoms with Gasteiger partial charge in [0.25, 0.3) is 0 Å². The van der Waals surface area contributed by atoms with Gasteiger partial charge in [-0.25, -0.2) is 14.3 Å². The average Bonchev–Trinajstić information content (AvgIpc) is 2.92. The van der Waals surface area contributed by atoms with E-state index in [4.69, 9.17) is 15.6 Å². The molecule has 0 bridgehead atoms. The van der Waals surface area contributed by atoms with Crippen LogP contribution in [0.1, 0.15) is 11.8 Å². The van der Waals surface area contributed by atoms with Crippen molar-refractivity contribution in [2.45, 2.75) is 12.1 Å². The third-order valence-electron chi connectivity index (χ3n) is 4.66. The molecular formula is C14H17BrN6O3. The van der Waals surface area contributed by atoms with Crippen molar-refractivity contribution in [2.24, 2.45) is 0 Å². The number of carboxylic acid groups (broad SMARTS) is 1. The van der Waals surface area contributed by atoms with Crippen LogP contribution in [0.15, 0.2) is 16.9 Å². The van der Waals surface area contributed by atoms with Crippen LogP contribution in [-0.2, 0) is 4.74 Å². The van der Waals surface area contributed by atoms with Gasteiger partial charge in [0.2, 0.25) is 0 Å². The third-order valence-corrected chi connectivity index (χ3v) is 5.26. The van der Waals surface area contributed by atoms with Gasteiger partial charge < -0.3 is 20.5 Å². The number of hydrogen-bond acceptors (Lipinski definition) is 6. The summed E-state index contributed by atoms with van der Waals surface area (Å²) >= 11 is 3.51. The second kappa shape index (κ2) is 5.87. The molecule has 0 saturated carbocycles. The molecule has 2 saturated heterocycles. The SMILES string of the molecule is Nc1ncnn2c(C3CN4CCN(C(=O)O)CC4CO3)cc(Br)c12. The predicted molar refractivity (Wildman–Crippen MR) is 88.8 cm³/mol. The van der Waals surface area contributed by atoms with Crippen molar-refractivity contribution in [1.82, 2.24) is 24.4 Å². The highest BCUT2D eigenvalue weighted by molar-refractivity contribution is 9.10. The number of hydrogen-bond donors (Lipinski definition) is 2. The summed E-state index contributed by atoms with van der Waals surface area (Å²) in [5, 5.41) is 13.4. The Bertz CT molecular complexity index is 796. The van der Waals surface area contributed by atoms with Gasteiger partial charge in [0.05, 0.1) is 18.3 Å². The lowest BCUT2D eigenvalue weighted by Crippen LogP contribution is -2.59. The molecule has 2 unspecified atom stereocenters. The van der Waals surface area contributed by atoms with Gasteiger partial charge >= 0.3 is 6.09 Å². The number of nitrogens with zero attached hydrogens (tertiary/aromatic N) is 5. The van der Waals surface area contributed by atoms with Crippen molar-refractivity contribution >= 4 is 33.4 Å². The molecule has 1 amide bonds. The lowest BCUT2D eigenvalue weighted by Gasteiger charge is -2.45. The first-order chi connectivity index (χ1) is 11.5. The molecule has 0 spiro atoms. The van der Waals surface area contributed by atoms with Crippen molar-refractivity contribution in [3.05, 3.63) is 22.6 Å². The van der Waals surface area contributed by atoms with Crippen LogP contribution in [0.2, 0.25) is 0 Å². The Morgan fingerprint density at radius 3 is 3.04 bits per heavy atom. The van der Waals surface area contributed by atoms with Gasteiger partial charge in [-0.2, -0.15) is 5.10 Å². The molecule has 2 aromatic rings. The molecule has 0 radical (unpaired) electrons. The van der Waals surface area contributed by atoms with Gasteiger partial charge in [0.15, 0.2) is 5.82 Å². The minimum Gasteiger partial charge on any atom is -0.465 e. The van der Waals surface area contributed by atoms with E-state index in [9.17, 15) is 4.79 Å². The number of ether oxygens (including phenoxy) is 1. The standard InChI is InChI=1S/C14H17BrN6O3/c15-9-3-10(21-12(9)13(16)17-7-18-21)11-5-19-1-2-20(14(22)23)4-8(19)6-24-11/h3,7-8,11H,1-2,4-6H2,(H,22,23)(H2,16,17,18). The molecule has 24 heavy (non-hydrogen) atoms. The molecule has 3 N–H and O–H groups in total. The Hall–Kier alpha value is -1.91. The molecule has 2 fully saturated rings. The summed E-state index contributed by atoms with van der Waals surface area (Å²) in [4.78, 5) is 18.9. The number of anilines is 1. The molecular weight excluding hydrogens is 380 g/mol. The van der Waals surface area contributed by atoms with Crippen molar-refractivity contribution in [3.63, 3.8) is 0 Å². The quantitative estimate of drug-likeness (QED) is 0.733. The zero-order chi connectivity index (χ0) is 16.8. The van der Waals surface area contributed by atoms with Crippen LogP contribution in [0.4, 0.5) is 10.6 Å². The van der Waals surface area contributed by atoms with E-state index in [1.807, 2.05) is 6.07 Å². The number of piperazine rings is 1. The summed E-state index contributed by atoms with van der Waals surface area (Å²) in [6.45, 7) is 2.89. The smallest absolute Gasteiger partial charge is 0.407 e. The van der Waals surface area contributed by atoms with E-state index in [2.05, 4.69) is 30.9 Å². The molecule has 4 rings (SSSR count). The summed E-state index contributed by atoms with van der Waals surface area (Å²) in [5.41, 5.74) is 7.57. The van der Waals surface area contributed by atoms with Gasteiger partial charge in [-0.3, -0.25) is 4.90 Å². The van der Waals surface area contributed by atoms with Crippen LogP contribution >= 0.6 is 15.9 Å². The monoisotopic (exact) mass is 396 g/mol. The first-order valence-electron chi connectivity index (χ1n) is 7.65. The topological polar surface area (TPSA) is 109 Å². The summed E-state index contributed by atoms with van der Waals surface area (Å²) in [6, 6.07) is 2.05. The molecule has 2 aliphatic rings. The Morgan fingerprint density at radius 1 is 1.42 bits per heavy atom. The fraction of sp³-hybridized carbons (Fsp3) is 0.500. The van der Waals surface area contributed by atoms with E-state index in [0.29, 0.717) is 38.6 Å². The van der Waals surface area contributed by atoms with Crippen molar-refractivity contribution in [3.8, 4) is 0 Å². The van der Waals surface area contributed by atoms with E-state index in [1.165, 1.54) is 11.2 Å². The maximum Gasteiger partial charge on any atom is 0.407 e. The molecule has 4 heterocycles. The van der Waals surface area contributed by atoms with Crippen LogP contribution in [0.25, 0.3) is 5.52 Å². The Balaban J connectivity index is 1.58. The highest BCUT2D eigenvalue weighted by Crippen LogP contribution is 2.32. The van der Waals surface area contributed by atoms with Crippen LogP contribution in [0.5, 0.6) is 0 Å². The van der Waals surface area contributed by atoms with Crippen molar-refractivity contribution in [2.75, 3.05) is 38.5 Å². The second-order valence-corrected chi connectivity index (χ2v) is 6.88. The van der Waals surface area contributed by atoms with E-state index < -0.39 is 6.09 Å². The van der Waals surface area contributed by atoms with E-state index in [1.54, 1.807) is 4.52 Å². The van der Waals surface area contributed by atoms with Crippen molar-refractivity contribution in [1.29, 1.82) is 0 Å². The van der Waals surface area contributed by atoms with E-state index in [-0.39, 0.29) is 12.1 Å². The number of nitrogen functional groups attached to an aromatic ring is 1. The lowest BCUT2D eigenvalue weighted by atomic mass is 10.1. The van der Waals surface area contributed by atoms with Gasteiger partial charge in [-0.05, 0) is 22.0 Å². The fourth-order valence-corrected chi connectivity index (χ4v) is 4.02. The van der Waals surface area contributed by atoms with Gasteiger partial charge in [0.1, 0.15) is 17.9 Å². The number of nitrogens with two attached hydrogens (primary N) is 1. The molecule has 2 aromatic heterocycles. The number of fused-ring (bicyclic) bond motifs is 2. The van der Waals surface area contributed by atoms with E-state index >= 15 is 0 Å². The predicted octanol–water partition coefficient (Wildman–Crippen LogP) is 0.810. The Morgan fingerprint density at radius 2 is 2.25 bits per heavy atom. The van der Waals surface area contributed by atoms with Crippen molar-refractivity contribution < 1.29 is 14.6 Å². The maximum atomic E-state index is 11.1. The number of rotatable bonds is 1. The number of carbonyl (C=O) groups is 1. The Labute approximate surface area is 146 Å². The summed E-state index contributed by atoms with van der Waals surface area (Å²) in [6.07, 6.45) is 0.409. The van der Waals surface area contributed by atoms with Crippen LogP contribution in [0, 0.1) is 0 Å². The molecule has 128 valence electrons. The minimum atomic E-state index is -0.870. The van der Waals surface area contributed by atoms with E-state index in [0.717, 1.165) is 15.7 Å². The van der Waals surface area contributed by atoms with Crippen LogP contribution in [0.3, 0.4) is 0 Å². The first kappa shape index (κ1) is 15.6. The minimum absolute atomic E-state index is 0.0977. The fourth-order valence-electron chi connectivity index (χ4n) is 3.41. The zero-order valence-corrected chi connectivity index (χ0v) is 14.4. The summed E-state index contributed by atoms with van der Waals surface area (Å²) < 4.78 is 8.60. The molecule has 0 aliphatic carbocycles. The molecule has 9 nitrogen and oxygen atoms in total. The maximum absolute atomic E-state index is 11.1. The summed E-state index contributed by atoms with van der Waals surface area (Å²) in [5.74, 6) is 0.409. The number of aromatic nitrogens is 3.